The van der Waals surface area contributed by atoms with Crippen molar-refractivity contribution in [3.63, 3.8) is 0 Å². The van der Waals surface area contributed by atoms with E-state index in [9.17, 15) is 5.11 Å². The molecule has 15 heavy (non-hydrogen) atoms. The maximum Gasteiger partial charge on any atom is 0.124 e. The smallest absolute Gasteiger partial charge is 0.124 e. The molecule has 2 aliphatic rings. The lowest BCUT2D eigenvalue weighted by Gasteiger charge is -2.17. The molecule has 4 nitrogen and oxygen atoms in total. The lowest BCUT2D eigenvalue weighted by atomic mass is 10.1. The highest BCUT2D eigenvalue weighted by Crippen LogP contribution is 2.51. The molecule has 2 atom stereocenters. The van der Waals surface area contributed by atoms with Crippen LogP contribution in [0.2, 0.25) is 0 Å². The first-order valence-corrected chi connectivity index (χ1v) is 5.43. The number of aromatic nitrogens is 2. The summed E-state index contributed by atoms with van der Waals surface area (Å²) in [6.07, 6.45) is 5.19. The Morgan fingerprint density at radius 1 is 1.47 bits per heavy atom. The second-order valence-electron chi connectivity index (χ2n) is 4.47. The molecule has 2 fully saturated rings. The quantitative estimate of drug-likeness (QED) is 0.790. The van der Waals surface area contributed by atoms with E-state index in [1.165, 1.54) is 0 Å². The summed E-state index contributed by atoms with van der Waals surface area (Å²) in [5.74, 6) is 0. The van der Waals surface area contributed by atoms with E-state index in [0.717, 1.165) is 25.7 Å². The van der Waals surface area contributed by atoms with E-state index in [0.29, 0.717) is 5.69 Å². The molecule has 0 radical (unpaired) electrons. The van der Waals surface area contributed by atoms with E-state index < -0.39 is 6.10 Å². The first-order chi connectivity index (χ1) is 7.29. The van der Waals surface area contributed by atoms with Crippen LogP contribution in [0.25, 0.3) is 0 Å². The van der Waals surface area contributed by atoms with Gasteiger partial charge in [-0.1, -0.05) is 0 Å². The molecule has 1 N–H and O–H groups in total. The summed E-state index contributed by atoms with van der Waals surface area (Å²) in [6.45, 7) is 0. The van der Waals surface area contributed by atoms with Crippen molar-refractivity contribution < 1.29 is 9.84 Å². The zero-order chi connectivity index (χ0) is 10.3. The lowest BCUT2D eigenvalue weighted by molar-refractivity contribution is -0.0475. The Bertz CT molecular complexity index is 351. The van der Waals surface area contributed by atoms with Crippen molar-refractivity contribution in [2.45, 2.75) is 43.5 Å². The number of nitrogens with zero attached hydrogens (tertiary/aromatic N) is 2. The Kier molecular flexibility index (Phi) is 2.00. The third-order valence-electron chi connectivity index (χ3n) is 3.34. The molecule has 2 heterocycles. The Balaban J connectivity index is 1.73. The molecule has 4 heteroatoms. The summed E-state index contributed by atoms with van der Waals surface area (Å²) in [7, 11) is 0. The van der Waals surface area contributed by atoms with Gasteiger partial charge in [0.25, 0.3) is 0 Å². The second-order valence-corrected chi connectivity index (χ2v) is 4.47. The Morgan fingerprint density at radius 2 is 2.33 bits per heavy atom. The number of aliphatic hydroxyl groups is 1. The van der Waals surface area contributed by atoms with Crippen molar-refractivity contribution in [1.82, 2.24) is 10.2 Å². The molecular weight excluding hydrogens is 192 g/mol. The first kappa shape index (κ1) is 9.24. The van der Waals surface area contributed by atoms with Gasteiger partial charge in [-0.15, -0.1) is 0 Å². The summed E-state index contributed by atoms with van der Waals surface area (Å²) < 4.78 is 5.86. The van der Waals surface area contributed by atoms with Gasteiger partial charge in [-0.2, -0.15) is 10.2 Å². The maximum atomic E-state index is 10.1. The maximum absolute atomic E-state index is 10.1. The molecule has 3 rings (SSSR count). The molecule has 0 bridgehead atoms. The van der Waals surface area contributed by atoms with Crippen molar-refractivity contribution >= 4 is 0 Å². The highest BCUT2D eigenvalue weighted by Gasteiger charge is 2.51. The summed E-state index contributed by atoms with van der Waals surface area (Å²) in [5.41, 5.74) is 0.730. The molecule has 1 aromatic heterocycles. The highest BCUT2D eigenvalue weighted by atomic mass is 16.5. The summed E-state index contributed by atoms with van der Waals surface area (Å²) >= 11 is 0. The molecular formula is C11H14N2O2. The van der Waals surface area contributed by atoms with Crippen molar-refractivity contribution in [1.29, 1.82) is 0 Å². The van der Waals surface area contributed by atoms with Crippen LogP contribution in [0.5, 0.6) is 0 Å². The molecule has 1 spiro atoms. The molecule has 0 aromatic carbocycles. The van der Waals surface area contributed by atoms with Gasteiger partial charge < -0.3 is 9.84 Å². The second kappa shape index (κ2) is 3.25. The average Bonchev–Trinajstić information content (AvgIpc) is 2.90. The minimum absolute atomic E-state index is 0.0933. The fourth-order valence-electron chi connectivity index (χ4n) is 2.24. The predicted molar refractivity (Wildman–Crippen MR) is 53.1 cm³/mol. The fourth-order valence-corrected chi connectivity index (χ4v) is 2.24. The Hall–Kier alpha value is -1.00. The van der Waals surface area contributed by atoms with Gasteiger partial charge in [0.05, 0.1) is 17.4 Å². The average molecular weight is 206 g/mol. The zero-order valence-electron chi connectivity index (χ0n) is 8.47. The minimum Gasteiger partial charge on any atom is -0.384 e. The van der Waals surface area contributed by atoms with Gasteiger partial charge in [-0.05, 0) is 37.8 Å². The van der Waals surface area contributed by atoms with Crippen LogP contribution in [0.4, 0.5) is 0 Å². The van der Waals surface area contributed by atoms with Crippen molar-refractivity contribution in [2.75, 3.05) is 0 Å². The van der Waals surface area contributed by atoms with Crippen molar-refractivity contribution in [3.8, 4) is 0 Å². The van der Waals surface area contributed by atoms with E-state index in [4.69, 9.17) is 4.74 Å². The normalized spacial score (nSPS) is 29.3. The number of aliphatic hydroxyl groups excluding tert-OH is 1. The van der Waals surface area contributed by atoms with Crippen molar-refractivity contribution in [2.24, 2.45) is 0 Å². The molecule has 1 unspecified atom stereocenters. The topological polar surface area (TPSA) is 55.2 Å². The number of hydrogen-bond donors (Lipinski definition) is 1. The zero-order valence-corrected chi connectivity index (χ0v) is 8.47. The summed E-state index contributed by atoms with van der Waals surface area (Å²) in [5, 5.41) is 17.7. The van der Waals surface area contributed by atoms with Crippen LogP contribution in [0.3, 0.4) is 0 Å². The molecule has 1 aliphatic carbocycles. The molecule has 80 valence electrons. The Morgan fingerprint density at radius 3 is 2.93 bits per heavy atom. The molecule has 1 saturated heterocycles. The molecule has 1 aromatic rings. The molecule has 0 amide bonds. The van der Waals surface area contributed by atoms with Gasteiger partial charge in [0.1, 0.15) is 6.10 Å². The highest BCUT2D eigenvalue weighted by molar-refractivity contribution is 5.09. The predicted octanol–water partition coefficient (Wildman–Crippen LogP) is 1.22. The van der Waals surface area contributed by atoms with Crippen LogP contribution in [-0.2, 0) is 4.74 Å². The largest absolute Gasteiger partial charge is 0.384 e. The third-order valence-corrected chi connectivity index (χ3v) is 3.34. The van der Waals surface area contributed by atoms with Gasteiger partial charge in [0.2, 0.25) is 0 Å². The van der Waals surface area contributed by atoms with E-state index in [-0.39, 0.29) is 11.7 Å². The van der Waals surface area contributed by atoms with Crippen LogP contribution in [0.1, 0.15) is 37.5 Å². The van der Waals surface area contributed by atoms with E-state index in [1.54, 1.807) is 18.3 Å². The van der Waals surface area contributed by atoms with Crippen molar-refractivity contribution in [3.05, 3.63) is 24.0 Å². The number of hydrogen-bond acceptors (Lipinski definition) is 4. The monoisotopic (exact) mass is 206 g/mol. The summed E-state index contributed by atoms with van der Waals surface area (Å²) in [4.78, 5) is 0. The minimum atomic E-state index is -0.626. The van der Waals surface area contributed by atoms with Gasteiger partial charge >= 0.3 is 0 Å². The standard InChI is InChI=1S/C11H14N2O2/c14-10(8-2-1-7-12-13-8)9-3-4-11(15-9)5-6-11/h1-2,7,9-10,14H,3-6H2/t9-,10?/m1/s1. The van der Waals surface area contributed by atoms with E-state index in [2.05, 4.69) is 10.2 Å². The van der Waals surface area contributed by atoms with Gasteiger partial charge in [0.15, 0.2) is 0 Å². The number of rotatable bonds is 2. The van der Waals surface area contributed by atoms with Gasteiger partial charge in [-0.25, -0.2) is 0 Å². The fraction of sp³-hybridized carbons (Fsp3) is 0.636. The van der Waals surface area contributed by atoms with Crippen LogP contribution in [-0.4, -0.2) is 27.0 Å². The number of ether oxygens (including phenoxy) is 1. The molecule has 1 saturated carbocycles. The van der Waals surface area contributed by atoms with Gasteiger partial charge in [0, 0.05) is 6.20 Å². The lowest BCUT2D eigenvalue weighted by Crippen LogP contribution is -2.21. The van der Waals surface area contributed by atoms with Crippen LogP contribution >= 0.6 is 0 Å². The SMILES string of the molecule is OC(c1cccnn1)[C@H]1CCC2(CC2)O1. The van der Waals surface area contributed by atoms with Crippen LogP contribution in [0, 0.1) is 0 Å². The third kappa shape index (κ3) is 1.64. The van der Waals surface area contributed by atoms with Crippen LogP contribution < -0.4 is 0 Å². The van der Waals surface area contributed by atoms with E-state index >= 15 is 0 Å². The molecule has 1 aliphatic heterocycles. The van der Waals surface area contributed by atoms with Gasteiger partial charge in [-0.3, -0.25) is 0 Å². The Labute approximate surface area is 88.3 Å². The van der Waals surface area contributed by atoms with Crippen LogP contribution in [0.15, 0.2) is 18.3 Å². The first-order valence-electron chi connectivity index (χ1n) is 5.43. The summed E-state index contributed by atoms with van der Waals surface area (Å²) in [6, 6.07) is 3.58. The van der Waals surface area contributed by atoms with E-state index in [1.807, 2.05) is 0 Å².